The van der Waals surface area contributed by atoms with E-state index in [0.29, 0.717) is 6.61 Å². The highest BCUT2D eigenvalue weighted by molar-refractivity contribution is 5.98. The fraction of sp³-hybridized carbons (Fsp3) is 0.727. The summed E-state index contributed by atoms with van der Waals surface area (Å²) in [7, 11) is 2.09. The molecule has 0 fully saturated rings. The molecule has 214 valence electrons. The van der Waals surface area contributed by atoms with Crippen LogP contribution in [0.15, 0.2) is 24.4 Å². The maximum atomic E-state index is 13.5. The lowest BCUT2D eigenvalue weighted by Crippen LogP contribution is -2.52. The number of carbonyl (C=O) groups excluding carboxylic acids is 1. The Morgan fingerprint density at radius 3 is 2.29 bits per heavy atom. The first-order valence-corrected chi connectivity index (χ1v) is 15.7. The van der Waals surface area contributed by atoms with Crippen molar-refractivity contribution in [3.63, 3.8) is 0 Å². The number of carbonyl (C=O) groups is 1. The maximum absolute atomic E-state index is 13.5. The first-order chi connectivity index (χ1) is 18.5. The molecule has 2 atom stereocenters. The number of anilines is 1. The van der Waals surface area contributed by atoms with Gasteiger partial charge in [-0.3, -0.25) is 4.79 Å². The van der Waals surface area contributed by atoms with Crippen LogP contribution in [-0.2, 0) is 22.5 Å². The van der Waals surface area contributed by atoms with Crippen LogP contribution >= 0.6 is 0 Å². The van der Waals surface area contributed by atoms with E-state index in [9.17, 15) is 4.79 Å². The molecule has 1 N–H and O–H groups in total. The zero-order valence-electron chi connectivity index (χ0n) is 25.1. The first kappa shape index (κ1) is 30.5. The van der Waals surface area contributed by atoms with E-state index < -0.39 is 0 Å². The Balaban J connectivity index is 1.77. The summed E-state index contributed by atoms with van der Waals surface area (Å²) >= 11 is 0. The minimum atomic E-state index is -0.213. The second-order valence-corrected chi connectivity index (χ2v) is 11.8. The van der Waals surface area contributed by atoms with Crippen molar-refractivity contribution in [3.8, 4) is 0 Å². The molecule has 5 nitrogen and oxygen atoms in total. The van der Waals surface area contributed by atoms with Crippen LogP contribution in [0, 0.1) is 5.92 Å². The zero-order valence-corrected chi connectivity index (χ0v) is 25.1. The van der Waals surface area contributed by atoms with Crippen molar-refractivity contribution in [1.82, 2.24) is 9.88 Å². The van der Waals surface area contributed by atoms with E-state index in [2.05, 4.69) is 73.9 Å². The lowest BCUT2D eigenvalue weighted by molar-refractivity contribution is -0.124. The number of ether oxygens (including phenoxy) is 1. The van der Waals surface area contributed by atoms with Crippen molar-refractivity contribution in [2.24, 2.45) is 5.92 Å². The van der Waals surface area contributed by atoms with Gasteiger partial charge in [-0.15, -0.1) is 0 Å². The minimum absolute atomic E-state index is 0.0171. The van der Waals surface area contributed by atoms with Crippen molar-refractivity contribution in [3.05, 3.63) is 30.0 Å². The van der Waals surface area contributed by atoms with Crippen molar-refractivity contribution in [2.45, 2.75) is 130 Å². The van der Waals surface area contributed by atoms with Crippen LogP contribution < -0.4 is 10.2 Å². The normalized spacial score (nSPS) is 18.1. The van der Waals surface area contributed by atoms with Crippen LogP contribution in [0.3, 0.4) is 0 Å². The number of rotatable bonds is 17. The van der Waals surface area contributed by atoms with E-state index in [4.69, 9.17) is 4.74 Å². The van der Waals surface area contributed by atoms with Gasteiger partial charge in [-0.05, 0) is 42.9 Å². The van der Waals surface area contributed by atoms with Crippen molar-refractivity contribution in [1.29, 1.82) is 0 Å². The lowest BCUT2D eigenvalue weighted by Gasteiger charge is -2.32. The molecule has 1 aromatic carbocycles. The van der Waals surface area contributed by atoms with Crippen LogP contribution in [0.25, 0.3) is 10.9 Å². The van der Waals surface area contributed by atoms with Crippen molar-refractivity contribution < 1.29 is 9.53 Å². The third-order valence-corrected chi connectivity index (χ3v) is 8.19. The zero-order chi connectivity index (χ0) is 27.3. The van der Waals surface area contributed by atoms with Crippen LogP contribution in [0.2, 0.25) is 0 Å². The van der Waals surface area contributed by atoms with Crippen molar-refractivity contribution in [2.75, 3.05) is 25.2 Å². The summed E-state index contributed by atoms with van der Waals surface area (Å²) in [6, 6.07) is 6.38. The molecule has 38 heavy (non-hydrogen) atoms. The number of hydrogen-bond acceptors (Lipinski definition) is 3. The van der Waals surface area contributed by atoms with Crippen LogP contribution in [-0.4, -0.2) is 42.8 Å². The molecule has 0 aliphatic carbocycles. The van der Waals surface area contributed by atoms with Crippen molar-refractivity contribution >= 4 is 22.5 Å². The molecule has 1 aliphatic rings. The summed E-state index contributed by atoms with van der Waals surface area (Å²) in [6.45, 7) is 11.2. The number of unbranched alkanes of at least 4 members (excludes halogenated alkanes) is 10. The number of likely N-dealkylation sites (N-methyl/N-ethyl adjacent to an activating group) is 1. The van der Waals surface area contributed by atoms with Gasteiger partial charge in [0.2, 0.25) is 5.91 Å². The summed E-state index contributed by atoms with van der Waals surface area (Å²) in [5, 5.41) is 4.69. The fourth-order valence-corrected chi connectivity index (χ4v) is 6.10. The Labute approximate surface area is 232 Å². The fourth-order valence-electron chi connectivity index (χ4n) is 6.10. The monoisotopic (exact) mass is 525 g/mol. The Bertz CT molecular complexity index is 967. The quantitative estimate of drug-likeness (QED) is 0.214. The van der Waals surface area contributed by atoms with Gasteiger partial charge in [0.15, 0.2) is 0 Å². The van der Waals surface area contributed by atoms with E-state index in [0.717, 1.165) is 26.0 Å². The van der Waals surface area contributed by atoms with Gasteiger partial charge >= 0.3 is 0 Å². The largest absolute Gasteiger partial charge is 0.379 e. The Morgan fingerprint density at radius 2 is 1.61 bits per heavy atom. The predicted octanol–water partition coefficient (Wildman–Crippen LogP) is 7.88. The van der Waals surface area contributed by atoms with Gasteiger partial charge in [0.25, 0.3) is 0 Å². The summed E-state index contributed by atoms with van der Waals surface area (Å²) in [4.78, 5) is 15.7. The molecule has 1 aromatic heterocycles. The van der Waals surface area contributed by atoms with Gasteiger partial charge in [0.1, 0.15) is 6.04 Å². The van der Waals surface area contributed by atoms with Gasteiger partial charge in [-0.25, -0.2) is 0 Å². The Morgan fingerprint density at radius 1 is 0.947 bits per heavy atom. The highest BCUT2D eigenvalue weighted by atomic mass is 16.5. The lowest BCUT2D eigenvalue weighted by atomic mass is 10.0. The van der Waals surface area contributed by atoms with Gasteiger partial charge in [-0.2, -0.15) is 0 Å². The number of aryl methyl sites for hydroxylation is 1. The van der Waals surface area contributed by atoms with E-state index >= 15 is 0 Å². The summed E-state index contributed by atoms with van der Waals surface area (Å²) < 4.78 is 8.62. The van der Waals surface area contributed by atoms with E-state index in [-0.39, 0.29) is 23.9 Å². The molecule has 2 heterocycles. The summed E-state index contributed by atoms with van der Waals surface area (Å²) in [5.41, 5.74) is 3.79. The molecule has 3 rings (SSSR count). The molecule has 0 saturated carbocycles. The third kappa shape index (κ3) is 8.49. The molecule has 0 radical (unpaired) electrons. The molecule has 0 unspecified atom stereocenters. The smallest absolute Gasteiger partial charge is 0.243 e. The topological polar surface area (TPSA) is 46.5 Å². The van der Waals surface area contributed by atoms with Gasteiger partial charge < -0.3 is 19.5 Å². The van der Waals surface area contributed by atoms with Gasteiger partial charge in [0.05, 0.1) is 18.2 Å². The first-order valence-electron chi connectivity index (χ1n) is 15.7. The number of aromatic nitrogens is 1. The standard InChI is InChI=1S/C33H55N3O2/c1-6-8-10-12-14-16-21-36-24-27-23-28(25-38-22-17-15-13-11-9-7-2)34-33(37)32(26(3)4)35(5)29-19-18-20-30(36)31(27)29/h18-20,24,26,28,32H,6-17,21-23,25H2,1-5H3,(H,34,37)/t28-,32-/m0/s1. The second kappa shape index (κ2) is 16.2. The molecule has 1 aliphatic heterocycles. The summed E-state index contributed by atoms with van der Waals surface area (Å²) in [5.74, 6) is 0.310. The number of benzene rings is 1. The Hall–Kier alpha value is -2.01. The summed E-state index contributed by atoms with van der Waals surface area (Å²) in [6.07, 6.45) is 18.5. The molecule has 1 amide bonds. The molecule has 0 saturated heterocycles. The highest BCUT2D eigenvalue weighted by Crippen LogP contribution is 2.35. The molecule has 0 spiro atoms. The number of nitrogens with zero attached hydrogens (tertiary/aromatic N) is 2. The van der Waals surface area contributed by atoms with E-state index in [1.807, 2.05) is 0 Å². The minimum Gasteiger partial charge on any atom is -0.379 e. The molecular weight excluding hydrogens is 470 g/mol. The number of hydrogen-bond donors (Lipinski definition) is 1. The maximum Gasteiger partial charge on any atom is 0.243 e. The van der Waals surface area contributed by atoms with Crippen LogP contribution in [0.5, 0.6) is 0 Å². The molecule has 2 aromatic rings. The SMILES string of the molecule is CCCCCCCCOC[C@@H]1Cc2cn(CCCCCCCC)c3cccc(c23)N(C)[C@@H](C(C)C)C(=O)N1. The third-order valence-electron chi connectivity index (χ3n) is 8.19. The average Bonchev–Trinajstić information content (AvgIpc) is 3.25. The number of nitrogens with one attached hydrogen (secondary N) is 1. The van der Waals surface area contributed by atoms with Gasteiger partial charge in [0, 0.05) is 37.5 Å². The molecule has 5 heteroatoms. The predicted molar refractivity (Wildman–Crippen MR) is 162 cm³/mol. The van der Waals surface area contributed by atoms with E-state index in [1.54, 1.807) is 0 Å². The van der Waals surface area contributed by atoms with E-state index in [1.165, 1.54) is 92.8 Å². The van der Waals surface area contributed by atoms with Crippen LogP contribution in [0.4, 0.5) is 5.69 Å². The number of amides is 1. The second-order valence-electron chi connectivity index (χ2n) is 11.8. The Kier molecular flexibility index (Phi) is 13.0. The van der Waals surface area contributed by atoms with Gasteiger partial charge in [-0.1, -0.05) is 98.0 Å². The van der Waals surface area contributed by atoms with Crippen LogP contribution in [0.1, 0.15) is 110 Å². The average molecular weight is 526 g/mol. The highest BCUT2D eigenvalue weighted by Gasteiger charge is 2.32. The molecule has 0 bridgehead atoms. The molecular formula is C33H55N3O2.